The molecule has 18 heavy (non-hydrogen) atoms. The van der Waals surface area contributed by atoms with Gasteiger partial charge in [0, 0.05) is 21.1 Å². The van der Waals surface area contributed by atoms with Gasteiger partial charge in [0.2, 0.25) is 5.01 Å². The van der Waals surface area contributed by atoms with E-state index in [2.05, 4.69) is 10.3 Å². The third-order valence-corrected chi connectivity index (χ3v) is 3.39. The minimum atomic E-state index is -1.02. The third-order valence-electron chi connectivity index (χ3n) is 2.07. The SMILES string of the molecule is O=C(O)c1nc(CNc2cc(Cl)cc(Cl)c2)cs1. The number of anilines is 1. The van der Waals surface area contributed by atoms with Crippen molar-refractivity contribution in [2.75, 3.05) is 5.32 Å². The Balaban J connectivity index is 2.04. The Morgan fingerprint density at radius 2 is 2.00 bits per heavy atom. The van der Waals surface area contributed by atoms with Gasteiger partial charge < -0.3 is 10.4 Å². The van der Waals surface area contributed by atoms with E-state index in [1.54, 1.807) is 23.6 Å². The molecule has 2 aromatic rings. The average Bonchev–Trinajstić information content (AvgIpc) is 2.73. The summed E-state index contributed by atoms with van der Waals surface area (Å²) in [5.74, 6) is -1.02. The number of rotatable bonds is 4. The lowest BCUT2D eigenvalue weighted by Crippen LogP contribution is -2.01. The van der Waals surface area contributed by atoms with E-state index in [0.717, 1.165) is 17.0 Å². The lowest BCUT2D eigenvalue weighted by molar-refractivity contribution is 0.0696. The summed E-state index contributed by atoms with van der Waals surface area (Å²) in [6.45, 7) is 0.417. The molecule has 0 amide bonds. The minimum Gasteiger partial charge on any atom is -0.476 e. The first-order valence-corrected chi connectivity index (χ1v) is 6.56. The van der Waals surface area contributed by atoms with Gasteiger partial charge in [-0.1, -0.05) is 23.2 Å². The fraction of sp³-hybridized carbons (Fsp3) is 0.0909. The number of carboxylic acids is 1. The molecule has 1 heterocycles. The Morgan fingerprint density at radius 3 is 2.56 bits per heavy atom. The van der Waals surface area contributed by atoms with Gasteiger partial charge in [0.15, 0.2) is 0 Å². The number of hydrogen-bond acceptors (Lipinski definition) is 4. The molecule has 0 aliphatic rings. The van der Waals surface area contributed by atoms with E-state index in [0.29, 0.717) is 22.3 Å². The molecule has 2 rings (SSSR count). The molecule has 2 N–H and O–H groups in total. The molecule has 0 saturated heterocycles. The Hall–Kier alpha value is -1.30. The number of aromatic nitrogens is 1. The molecule has 0 unspecified atom stereocenters. The zero-order chi connectivity index (χ0) is 13.1. The van der Waals surface area contributed by atoms with Crippen LogP contribution < -0.4 is 5.32 Å². The van der Waals surface area contributed by atoms with Crippen LogP contribution in [-0.4, -0.2) is 16.1 Å². The van der Waals surface area contributed by atoms with Crippen molar-refractivity contribution in [1.82, 2.24) is 4.98 Å². The molecule has 0 aliphatic carbocycles. The molecule has 7 heteroatoms. The Morgan fingerprint density at radius 1 is 1.33 bits per heavy atom. The second-order valence-corrected chi connectivity index (χ2v) is 5.19. The van der Waals surface area contributed by atoms with Crippen molar-refractivity contribution in [3.05, 3.63) is 44.3 Å². The van der Waals surface area contributed by atoms with Crippen molar-refractivity contribution in [3.8, 4) is 0 Å². The highest BCUT2D eigenvalue weighted by Crippen LogP contribution is 2.23. The monoisotopic (exact) mass is 302 g/mol. The predicted molar refractivity (Wildman–Crippen MR) is 72.9 cm³/mol. The van der Waals surface area contributed by atoms with Crippen LogP contribution in [0.15, 0.2) is 23.6 Å². The van der Waals surface area contributed by atoms with Gasteiger partial charge in [-0.15, -0.1) is 11.3 Å². The van der Waals surface area contributed by atoms with E-state index >= 15 is 0 Å². The van der Waals surface area contributed by atoms with Crippen LogP contribution in [-0.2, 0) is 6.54 Å². The van der Waals surface area contributed by atoms with Crippen molar-refractivity contribution in [2.45, 2.75) is 6.54 Å². The summed E-state index contributed by atoms with van der Waals surface area (Å²) < 4.78 is 0. The first kappa shape index (κ1) is 13.1. The van der Waals surface area contributed by atoms with Gasteiger partial charge in [-0.3, -0.25) is 0 Å². The highest BCUT2D eigenvalue weighted by atomic mass is 35.5. The van der Waals surface area contributed by atoms with Crippen LogP contribution in [0.2, 0.25) is 10.0 Å². The summed E-state index contributed by atoms with van der Waals surface area (Å²) in [7, 11) is 0. The predicted octanol–water partition coefficient (Wildman–Crippen LogP) is 3.76. The summed E-state index contributed by atoms with van der Waals surface area (Å²) >= 11 is 12.8. The summed E-state index contributed by atoms with van der Waals surface area (Å²) in [5, 5.41) is 14.7. The van der Waals surface area contributed by atoms with Gasteiger partial charge in [-0.05, 0) is 18.2 Å². The number of hydrogen-bond donors (Lipinski definition) is 2. The van der Waals surface area contributed by atoms with Gasteiger partial charge in [0.1, 0.15) is 0 Å². The zero-order valence-electron chi connectivity index (χ0n) is 8.98. The van der Waals surface area contributed by atoms with Crippen LogP contribution in [0.3, 0.4) is 0 Å². The minimum absolute atomic E-state index is 0.0796. The molecule has 1 aromatic carbocycles. The van der Waals surface area contributed by atoms with Gasteiger partial charge >= 0.3 is 5.97 Å². The highest BCUT2D eigenvalue weighted by molar-refractivity contribution is 7.11. The van der Waals surface area contributed by atoms with Crippen molar-refractivity contribution in [3.63, 3.8) is 0 Å². The Labute approximate surface area is 117 Å². The number of carboxylic acid groups (broad SMARTS) is 1. The molecule has 1 aromatic heterocycles. The summed E-state index contributed by atoms with van der Waals surface area (Å²) in [5.41, 5.74) is 1.42. The van der Waals surface area contributed by atoms with Crippen molar-refractivity contribution in [2.24, 2.45) is 0 Å². The van der Waals surface area contributed by atoms with Gasteiger partial charge in [-0.25, -0.2) is 9.78 Å². The third kappa shape index (κ3) is 3.35. The Bertz CT molecular complexity index is 566. The molecule has 0 aliphatic heterocycles. The summed E-state index contributed by atoms with van der Waals surface area (Å²) in [6.07, 6.45) is 0. The lowest BCUT2D eigenvalue weighted by Gasteiger charge is -2.05. The zero-order valence-corrected chi connectivity index (χ0v) is 11.3. The topological polar surface area (TPSA) is 62.2 Å². The van der Waals surface area contributed by atoms with Crippen LogP contribution in [0.4, 0.5) is 5.69 Å². The van der Waals surface area contributed by atoms with Crippen molar-refractivity contribution >= 4 is 46.2 Å². The average molecular weight is 303 g/mol. The Kier molecular flexibility index (Phi) is 4.06. The number of halogens is 2. The van der Waals surface area contributed by atoms with Crippen LogP contribution in [0.5, 0.6) is 0 Å². The number of nitrogens with zero attached hydrogens (tertiary/aromatic N) is 1. The van der Waals surface area contributed by atoms with Gasteiger partial charge in [0.05, 0.1) is 12.2 Å². The maximum absolute atomic E-state index is 10.7. The lowest BCUT2D eigenvalue weighted by atomic mass is 10.3. The largest absolute Gasteiger partial charge is 0.476 e. The molecule has 4 nitrogen and oxygen atoms in total. The molecule has 94 valence electrons. The number of nitrogens with one attached hydrogen (secondary N) is 1. The number of aromatic carboxylic acids is 1. The highest BCUT2D eigenvalue weighted by Gasteiger charge is 2.08. The van der Waals surface area contributed by atoms with Gasteiger partial charge in [-0.2, -0.15) is 0 Å². The van der Waals surface area contributed by atoms with E-state index in [4.69, 9.17) is 28.3 Å². The van der Waals surface area contributed by atoms with Crippen LogP contribution in [0.25, 0.3) is 0 Å². The molecular formula is C11H8Cl2N2O2S. The van der Waals surface area contributed by atoms with Crippen LogP contribution in [0.1, 0.15) is 15.5 Å². The number of benzene rings is 1. The van der Waals surface area contributed by atoms with Crippen molar-refractivity contribution in [1.29, 1.82) is 0 Å². The molecular weight excluding hydrogens is 295 g/mol. The smallest absolute Gasteiger partial charge is 0.365 e. The van der Waals surface area contributed by atoms with Crippen LogP contribution in [0, 0.1) is 0 Å². The second-order valence-electron chi connectivity index (χ2n) is 3.46. The van der Waals surface area contributed by atoms with E-state index in [9.17, 15) is 4.79 Å². The van der Waals surface area contributed by atoms with E-state index in [-0.39, 0.29) is 5.01 Å². The summed E-state index contributed by atoms with van der Waals surface area (Å²) in [4.78, 5) is 14.6. The molecule has 0 atom stereocenters. The van der Waals surface area contributed by atoms with E-state index in [1.807, 2.05) is 0 Å². The quantitative estimate of drug-likeness (QED) is 0.902. The first-order chi connectivity index (χ1) is 8.54. The maximum Gasteiger partial charge on any atom is 0.365 e. The molecule has 0 fully saturated rings. The molecule has 0 bridgehead atoms. The number of thiazole rings is 1. The standard InChI is InChI=1S/C11H8Cl2N2O2S/c12-6-1-7(13)3-8(2-6)14-4-9-5-18-10(15-9)11(16)17/h1-3,5,14H,4H2,(H,16,17). The van der Waals surface area contributed by atoms with E-state index in [1.165, 1.54) is 0 Å². The fourth-order valence-corrected chi connectivity index (χ4v) is 2.52. The summed E-state index contributed by atoms with van der Waals surface area (Å²) in [6, 6.07) is 5.11. The second kappa shape index (κ2) is 5.56. The molecule has 0 saturated carbocycles. The fourth-order valence-electron chi connectivity index (χ4n) is 1.33. The van der Waals surface area contributed by atoms with Gasteiger partial charge in [0.25, 0.3) is 0 Å². The molecule has 0 radical (unpaired) electrons. The van der Waals surface area contributed by atoms with Crippen molar-refractivity contribution < 1.29 is 9.90 Å². The van der Waals surface area contributed by atoms with Crippen LogP contribution >= 0.6 is 34.5 Å². The maximum atomic E-state index is 10.7. The number of carbonyl (C=O) groups is 1. The normalized spacial score (nSPS) is 10.3. The molecule has 0 spiro atoms. The van der Waals surface area contributed by atoms with E-state index < -0.39 is 5.97 Å². The first-order valence-electron chi connectivity index (χ1n) is 4.92.